The van der Waals surface area contributed by atoms with Gasteiger partial charge in [0.2, 0.25) is 6.79 Å². The van der Waals surface area contributed by atoms with Crippen molar-refractivity contribution in [2.24, 2.45) is 0 Å². The first-order chi connectivity index (χ1) is 11.1. The van der Waals surface area contributed by atoms with Gasteiger partial charge in [0.15, 0.2) is 11.5 Å². The largest absolute Gasteiger partial charge is 0.507 e. The Balaban J connectivity index is 1.70. The smallest absolute Gasteiger partial charge is 0.273 e. The van der Waals surface area contributed by atoms with Gasteiger partial charge in [-0.3, -0.25) is 20.4 Å². The van der Waals surface area contributed by atoms with E-state index >= 15 is 0 Å². The maximum Gasteiger partial charge on any atom is 0.273 e. The van der Waals surface area contributed by atoms with E-state index in [-0.39, 0.29) is 28.7 Å². The number of para-hydroxylation sites is 1. The van der Waals surface area contributed by atoms with Crippen LogP contribution in [-0.4, -0.2) is 23.7 Å². The Kier molecular flexibility index (Phi) is 3.94. The van der Waals surface area contributed by atoms with Crippen LogP contribution in [0, 0.1) is 0 Å². The van der Waals surface area contributed by atoms with Crippen LogP contribution in [-0.2, 0) is 0 Å². The normalized spacial score (nSPS) is 11.9. The van der Waals surface area contributed by atoms with Gasteiger partial charge in [-0.05, 0) is 24.3 Å². The molecule has 0 bridgehead atoms. The standard InChI is InChI=1S/C15H11ClN2O5/c16-10-5-8(6-12-13(10)23-7-22-12)14(20)17-18-15(21)9-3-1-2-4-11(9)19/h1-6,19H,7H2,(H,17,20)(H,18,21). The molecule has 0 fully saturated rings. The number of hydrogen-bond donors (Lipinski definition) is 3. The van der Waals surface area contributed by atoms with Gasteiger partial charge >= 0.3 is 0 Å². The molecule has 2 aromatic carbocycles. The summed E-state index contributed by atoms with van der Waals surface area (Å²) < 4.78 is 10.3. The van der Waals surface area contributed by atoms with Crippen molar-refractivity contribution >= 4 is 23.4 Å². The minimum absolute atomic E-state index is 0.0319. The van der Waals surface area contributed by atoms with Gasteiger partial charge < -0.3 is 14.6 Å². The van der Waals surface area contributed by atoms with E-state index in [9.17, 15) is 14.7 Å². The molecule has 118 valence electrons. The summed E-state index contributed by atoms with van der Waals surface area (Å²) in [5.41, 5.74) is 4.68. The Labute approximate surface area is 135 Å². The van der Waals surface area contributed by atoms with Crippen molar-refractivity contribution in [3.8, 4) is 17.2 Å². The molecule has 0 aliphatic carbocycles. The summed E-state index contributed by atoms with van der Waals surface area (Å²) in [7, 11) is 0. The lowest BCUT2D eigenvalue weighted by molar-refractivity contribution is 0.0845. The third-order valence-electron chi connectivity index (χ3n) is 3.13. The number of aromatic hydroxyl groups is 1. The first kappa shape index (κ1) is 15.0. The first-order valence-electron chi connectivity index (χ1n) is 6.54. The zero-order valence-electron chi connectivity index (χ0n) is 11.6. The molecule has 0 unspecified atom stereocenters. The first-order valence-corrected chi connectivity index (χ1v) is 6.92. The van der Waals surface area contributed by atoms with Crippen molar-refractivity contribution in [2.45, 2.75) is 0 Å². The number of benzene rings is 2. The maximum absolute atomic E-state index is 12.1. The number of hydrazine groups is 1. The van der Waals surface area contributed by atoms with E-state index < -0.39 is 11.8 Å². The van der Waals surface area contributed by atoms with E-state index in [2.05, 4.69) is 10.9 Å². The summed E-state index contributed by atoms with van der Waals surface area (Å²) in [6, 6.07) is 8.82. The van der Waals surface area contributed by atoms with Crippen molar-refractivity contribution < 1.29 is 24.2 Å². The average molecular weight is 335 g/mol. The highest BCUT2D eigenvalue weighted by molar-refractivity contribution is 6.32. The number of phenolic OH excluding ortho intramolecular Hbond substituents is 1. The molecule has 1 heterocycles. The van der Waals surface area contributed by atoms with Gasteiger partial charge in [-0.1, -0.05) is 23.7 Å². The number of halogens is 1. The van der Waals surface area contributed by atoms with Gasteiger partial charge in [0.25, 0.3) is 11.8 Å². The number of nitrogens with one attached hydrogen (secondary N) is 2. The molecule has 2 aromatic rings. The molecule has 3 rings (SSSR count). The monoisotopic (exact) mass is 334 g/mol. The zero-order chi connectivity index (χ0) is 16.4. The average Bonchev–Trinajstić information content (AvgIpc) is 3.01. The molecule has 0 saturated carbocycles. The number of phenols is 1. The molecule has 7 nitrogen and oxygen atoms in total. The summed E-state index contributed by atoms with van der Waals surface area (Å²) in [6.07, 6.45) is 0. The molecule has 3 N–H and O–H groups in total. The topological polar surface area (TPSA) is 96.9 Å². The highest BCUT2D eigenvalue weighted by Crippen LogP contribution is 2.39. The van der Waals surface area contributed by atoms with Crippen LogP contribution in [0.25, 0.3) is 0 Å². The summed E-state index contributed by atoms with van der Waals surface area (Å²) in [4.78, 5) is 24.0. The minimum atomic E-state index is -0.650. The lowest BCUT2D eigenvalue weighted by Gasteiger charge is -2.09. The minimum Gasteiger partial charge on any atom is -0.507 e. The highest BCUT2D eigenvalue weighted by atomic mass is 35.5. The second-order valence-corrected chi connectivity index (χ2v) is 5.02. The van der Waals surface area contributed by atoms with Crippen LogP contribution in [0.1, 0.15) is 20.7 Å². The zero-order valence-corrected chi connectivity index (χ0v) is 12.4. The van der Waals surface area contributed by atoms with Crippen LogP contribution in [0.3, 0.4) is 0 Å². The van der Waals surface area contributed by atoms with Crippen LogP contribution in [0.2, 0.25) is 5.02 Å². The third-order valence-corrected chi connectivity index (χ3v) is 3.41. The fourth-order valence-electron chi connectivity index (χ4n) is 2.02. The molecule has 0 saturated heterocycles. The van der Waals surface area contributed by atoms with E-state index in [1.54, 1.807) is 12.1 Å². The van der Waals surface area contributed by atoms with Crippen LogP contribution < -0.4 is 20.3 Å². The van der Waals surface area contributed by atoms with E-state index in [0.717, 1.165) is 0 Å². The lowest BCUT2D eigenvalue weighted by Crippen LogP contribution is -2.41. The molecule has 0 spiro atoms. The Morgan fingerprint density at radius 1 is 1.09 bits per heavy atom. The summed E-state index contributed by atoms with van der Waals surface area (Å²) in [5, 5.41) is 9.82. The third kappa shape index (κ3) is 3.00. The molecular weight excluding hydrogens is 324 g/mol. The molecule has 1 aliphatic heterocycles. The molecule has 23 heavy (non-hydrogen) atoms. The highest BCUT2D eigenvalue weighted by Gasteiger charge is 2.21. The number of ether oxygens (including phenoxy) is 2. The molecule has 1 aliphatic rings. The second kappa shape index (κ2) is 6.05. The van der Waals surface area contributed by atoms with Crippen molar-refractivity contribution in [1.29, 1.82) is 0 Å². The van der Waals surface area contributed by atoms with Crippen molar-refractivity contribution in [3.05, 3.63) is 52.5 Å². The quantitative estimate of drug-likeness (QED) is 0.728. The Morgan fingerprint density at radius 3 is 2.61 bits per heavy atom. The van der Waals surface area contributed by atoms with Crippen molar-refractivity contribution in [2.75, 3.05) is 6.79 Å². The van der Waals surface area contributed by atoms with Crippen LogP contribution in [0.5, 0.6) is 17.2 Å². The van der Waals surface area contributed by atoms with Crippen LogP contribution >= 0.6 is 11.6 Å². The Hall–Kier alpha value is -2.93. The Morgan fingerprint density at radius 2 is 1.83 bits per heavy atom. The fraction of sp³-hybridized carbons (Fsp3) is 0.0667. The maximum atomic E-state index is 12.1. The molecule has 8 heteroatoms. The molecule has 0 radical (unpaired) electrons. The summed E-state index contributed by atoms with van der Waals surface area (Å²) in [6.45, 7) is 0.0319. The molecule has 0 atom stereocenters. The lowest BCUT2D eigenvalue weighted by atomic mass is 10.2. The van der Waals surface area contributed by atoms with Gasteiger partial charge in [0.1, 0.15) is 5.75 Å². The van der Waals surface area contributed by atoms with Gasteiger partial charge in [0, 0.05) is 5.56 Å². The van der Waals surface area contributed by atoms with E-state index in [1.807, 2.05) is 0 Å². The summed E-state index contributed by atoms with van der Waals surface area (Å²) >= 11 is 5.99. The van der Waals surface area contributed by atoms with E-state index in [1.165, 1.54) is 24.3 Å². The number of amides is 2. The molecule has 0 aromatic heterocycles. The fourth-order valence-corrected chi connectivity index (χ4v) is 2.28. The van der Waals surface area contributed by atoms with Gasteiger partial charge in [-0.2, -0.15) is 0 Å². The van der Waals surface area contributed by atoms with Crippen molar-refractivity contribution in [1.82, 2.24) is 10.9 Å². The van der Waals surface area contributed by atoms with E-state index in [0.29, 0.717) is 11.5 Å². The van der Waals surface area contributed by atoms with Gasteiger partial charge in [0.05, 0.1) is 10.6 Å². The molecule has 2 amide bonds. The SMILES string of the molecule is O=C(NNC(=O)c1ccccc1O)c1cc(Cl)c2c(c1)OCO2. The Bertz CT molecular complexity index is 793. The number of carbonyl (C=O) groups excluding carboxylic acids is 2. The van der Waals surface area contributed by atoms with Crippen molar-refractivity contribution in [3.63, 3.8) is 0 Å². The summed E-state index contributed by atoms with van der Waals surface area (Å²) in [5.74, 6) is -0.696. The van der Waals surface area contributed by atoms with Gasteiger partial charge in [-0.25, -0.2) is 0 Å². The van der Waals surface area contributed by atoms with Crippen LogP contribution in [0.4, 0.5) is 0 Å². The number of hydrogen-bond acceptors (Lipinski definition) is 5. The predicted molar refractivity (Wildman–Crippen MR) is 80.6 cm³/mol. The molecular formula is C15H11ClN2O5. The number of fused-ring (bicyclic) bond motifs is 1. The van der Waals surface area contributed by atoms with E-state index in [4.69, 9.17) is 21.1 Å². The second-order valence-electron chi connectivity index (χ2n) is 4.62. The van der Waals surface area contributed by atoms with Crippen LogP contribution in [0.15, 0.2) is 36.4 Å². The van der Waals surface area contributed by atoms with Gasteiger partial charge in [-0.15, -0.1) is 0 Å². The number of carbonyl (C=O) groups is 2. The predicted octanol–water partition coefficient (Wildman–Crippen LogP) is 1.85. The number of rotatable bonds is 2.